The van der Waals surface area contributed by atoms with E-state index in [0.717, 1.165) is 24.1 Å². The van der Waals surface area contributed by atoms with Gasteiger partial charge in [0.15, 0.2) is 5.65 Å². The molecule has 0 spiro atoms. The third-order valence-electron chi connectivity index (χ3n) is 5.30. The quantitative estimate of drug-likeness (QED) is 0.633. The molecule has 1 atom stereocenters. The molecule has 1 aliphatic heterocycles. The second-order valence-electron chi connectivity index (χ2n) is 7.14. The Labute approximate surface area is 168 Å². The van der Waals surface area contributed by atoms with Crippen molar-refractivity contribution in [3.8, 4) is 5.69 Å². The van der Waals surface area contributed by atoms with Crippen LogP contribution in [0.25, 0.3) is 16.9 Å². The Balaban J connectivity index is 1.63. The molecular formula is C21H23N5O3. The molecule has 1 aromatic carbocycles. The molecule has 3 aromatic rings. The van der Waals surface area contributed by atoms with E-state index in [4.69, 9.17) is 4.74 Å². The lowest BCUT2D eigenvalue weighted by Crippen LogP contribution is -2.43. The standard InChI is InChI=1S/C21H23N5O3/c1-3-29-21(28)15-7-6-12-25(13-15)20(27)16-8-4-10-18(14(16)2)26-19-17(23-24-26)9-5-11-22-19/h4-5,8-11,15H,3,6-7,12-13H2,1-2H3. The van der Waals surface area contributed by atoms with Crippen LogP contribution in [-0.4, -0.2) is 56.5 Å². The molecule has 0 saturated carbocycles. The molecule has 4 rings (SSSR count). The van der Waals surface area contributed by atoms with Crippen LogP contribution in [0, 0.1) is 12.8 Å². The summed E-state index contributed by atoms with van der Waals surface area (Å²) in [5.41, 5.74) is 3.48. The highest BCUT2D eigenvalue weighted by atomic mass is 16.5. The van der Waals surface area contributed by atoms with Crippen molar-refractivity contribution < 1.29 is 14.3 Å². The van der Waals surface area contributed by atoms with Gasteiger partial charge in [-0.15, -0.1) is 5.10 Å². The van der Waals surface area contributed by atoms with E-state index >= 15 is 0 Å². The first kappa shape index (κ1) is 19.0. The molecule has 150 valence electrons. The molecule has 2 aromatic heterocycles. The highest BCUT2D eigenvalue weighted by Crippen LogP contribution is 2.24. The Morgan fingerprint density at radius 2 is 2.10 bits per heavy atom. The minimum Gasteiger partial charge on any atom is -0.466 e. The summed E-state index contributed by atoms with van der Waals surface area (Å²) in [6, 6.07) is 9.19. The zero-order chi connectivity index (χ0) is 20.4. The van der Waals surface area contributed by atoms with Crippen molar-refractivity contribution in [2.45, 2.75) is 26.7 Å². The number of piperidine rings is 1. The zero-order valence-electron chi connectivity index (χ0n) is 16.5. The van der Waals surface area contributed by atoms with Crippen LogP contribution < -0.4 is 0 Å². The fraction of sp³-hybridized carbons (Fsp3) is 0.381. The molecule has 1 amide bonds. The van der Waals surface area contributed by atoms with Gasteiger partial charge in [-0.05, 0) is 56.5 Å². The van der Waals surface area contributed by atoms with Gasteiger partial charge in [-0.3, -0.25) is 9.59 Å². The Morgan fingerprint density at radius 3 is 2.93 bits per heavy atom. The average molecular weight is 393 g/mol. The van der Waals surface area contributed by atoms with E-state index in [1.807, 2.05) is 37.3 Å². The second-order valence-corrected chi connectivity index (χ2v) is 7.14. The van der Waals surface area contributed by atoms with Gasteiger partial charge in [0, 0.05) is 24.8 Å². The maximum Gasteiger partial charge on any atom is 0.310 e. The van der Waals surface area contributed by atoms with E-state index in [9.17, 15) is 9.59 Å². The van der Waals surface area contributed by atoms with Crippen LogP contribution in [0.1, 0.15) is 35.7 Å². The number of nitrogens with zero attached hydrogens (tertiary/aromatic N) is 5. The van der Waals surface area contributed by atoms with Gasteiger partial charge in [0.25, 0.3) is 5.91 Å². The lowest BCUT2D eigenvalue weighted by Gasteiger charge is -2.32. The van der Waals surface area contributed by atoms with Crippen LogP contribution in [0.15, 0.2) is 36.5 Å². The largest absolute Gasteiger partial charge is 0.466 e. The van der Waals surface area contributed by atoms with Gasteiger partial charge in [-0.2, -0.15) is 4.68 Å². The summed E-state index contributed by atoms with van der Waals surface area (Å²) in [4.78, 5) is 31.5. The maximum absolute atomic E-state index is 13.2. The van der Waals surface area contributed by atoms with E-state index in [-0.39, 0.29) is 17.8 Å². The molecule has 0 radical (unpaired) electrons. The van der Waals surface area contributed by atoms with Crippen molar-refractivity contribution in [1.29, 1.82) is 0 Å². The smallest absolute Gasteiger partial charge is 0.310 e. The SMILES string of the molecule is CCOC(=O)C1CCCN(C(=O)c2cccc(-n3nnc4cccnc43)c2C)C1. The predicted octanol–water partition coefficient (Wildman–Crippen LogP) is 2.54. The lowest BCUT2D eigenvalue weighted by molar-refractivity contribution is -0.149. The number of pyridine rings is 1. The topological polar surface area (TPSA) is 90.2 Å². The summed E-state index contributed by atoms with van der Waals surface area (Å²) in [7, 11) is 0. The number of fused-ring (bicyclic) bond motifs is 1. The van der Waals surface area contributed by atoms with Gasteiger partial charge in [-0.1, -0.05) is 11.3 Å². The molecule has 1 unspecified atom stereocenters. The summed E-state index contributed by atoms with van der Waals surface area (Å²) in [5.74, 6) is -0.578. The highest BCUT2D eigenvalue weighted by Gasteiger charge is 2.30. The number of benzene rings is 1. The molecule has 8 nitrogen and oxygen atoms in total. The number of carbonyl (C=O) groups excluding carboxylic acids is 2. The molecule has 8 heteroatoms. The Bertz CT molecular complexity index is 1060. The first-order valence-corrected chi connectivity index (χ1v) is 9.82. The molecule has 0 aliphatic carbocycles. The summed E-state index contributed by atoms with van der Waals surface area (Å²) < 4.78 is 6.80. The van der Waals surface area contributed by atoms with Crippen LogP contribution in [0.2, 0.25) is 0 Å². The predicted molar refractivity (Wildman–Crippen MR) is 107 cm³/mol. The number of likely N-dealkylation sites (tertiary alicyclic amines) is 1. The number of ether oxygens (including phenoxy) is 1. The molecule has 3 heterocycles. The van der Waals surface area contributed by atoms with Crippen LogP contribution in [0.4, 0.5) is 0 Å². The number of hydrogen-bond donors (Lipinski definition) is 0. The highest BCUT2D eigenvalue weighted by molar-refractivity contribution is 5.97. The van der Waals surface area contributed by atoms with E-state index < -0.39 is 0 Å². The first-order chi connectivity index (χ1) is 14.1. The molecule has 1 fully saturated rings. The van der Waals surface area contributed by atoms with Crippen molar-refractivity contribution in [2.24, 2.45) is 5.92 Å². The van der Waals surface area contributed by atoms with Crippen molar-refractivity contribution in [3.63, 3.8) is 0 Å². The van der Waals surface area contributed by atoms with Crippen LogP contribution in [0.5, 0.6) is 0 Å². The molecule has 1 aliphatic rings. The number of carbonyl (C=O) groups is 2. The van der Waals surface area contributed by atoms with E-state index in [1.54, 1.807) is 22.7 Å². The minimum atomic E-state index is -0.264. The molecule has 1 saturated heterocycles. The number of rotatable bonds is 4. The van der Waals surface area contributed by atoms with E-state index in [0.29, 0.717) is 36.4 Å². The molecule has 29 heavy (non-hydrogen) atoms. The van der Waals surface area contributed by atoms with Crippen LogP contribution in [0.3, 0.4) is 0 Å². The van der Waals surface area contributed by atoms with Crippen molar-refractivity contribution >= 4 is 23.0 Å². The monoisotopic (exact) mass is 393 g/mol. The maximum atomic E-state index is 13.2. The summed E-state index contributed by atoms with van der Waals surface area (Å²) in [5, 5.41) is 8.36. The van der Waals surface area contributed by atoms with Gasteiger partial charge in [0.05, 0.1) is 18.2 Å². The average Bonchev–Trinajstić information content (AvgIpc) is 3.18. The number of hydrogen-bond acceptors (Lipinski definition) is 6. The second kappa shape index (κ2) is 7.98. The van der Waals surface area contributed by atoms with Crippen LogP contribution in [-0.2, 0) is 9.53 Å². The number of amides is 1. The fourth-order valence-electron chi connectivity index (χ4n) is 3.80. The van der Waals surface area contributed by atoms with E-state index in [2.05, 4.69) is 15.3 Å². The minimum absolute atomic E-state index is 0.0873. The molecule has 0 bridgehead atoms. The van der Waals surface area contributed by atoms with Gasteiger partial charge < -0.3 is 9.64 Å². The van der Waals surface area contributed by atoms with Crippen molar-refractivity contribution in [2.75, 3.05) is 19.7 Å². The number of aromatic nitrogens is 4. The number of esters is 1. The third-order valence-corrected chi connectivity index (χ3v) is 5.30. The van der Waals surface area contributed by atoms with Crippen LogP contribution >= 0.6 is 0 Å². The normalized spacial score (nSPS) is 16.8. The van der Waals surface area contributed by atoms with Gasteiger partial charge >= 0.3 is 5.97 Å². The molecule has 0 N–H and O–H groups in total. The van der Waals surface area contributed by atoms with Gasteiger partial charge in [0.1, 0.15) is 5.52 Å². The zero-order valence-corrected chi connectivity index (χ0v) is 16.5. The Kier molecular flexibility index (Phi) is 5.24. The third kappa shape index (κ3) is 3.57. The summed E-state index contributed by atoms with van der Waals surface area (Å²) in [6.45, 7) is 5.05. The Hall–Kier alpha value is -3.29. The Morgan fingerprint density at radius 1 is 1.24 bits per heavy atom. The molecular weight excluding hydrogens is 370 g/mol. The summed E-state index contributed by atoms with van der Waals surface area (Å²) >= 11 is 0. The van der Waals surface area contributed by atoms with Crippen molar-refractivity contribution in [3.05, 3.63) is 47.7 Å². The lowest BCUT2D eigenvalue weighted by atomic mass is 9.96. The summed E-state index contributed by atoms with van der Waals surface area (Å²) in [6.07, 6.45) is 3.22. The fourth-order valence-corrected chi connectivity index (χ4v) is 3.80. The first-order valence-electron chi connectivity index (χ1n) is 9.82. The van der Waals surface area contributed by atoms with E-state index in [1.165, 1.54) is 0 Å². The van der Waals surface area contributed by atoms with Crippen molar-refractivity contribution in [1.82, 2.24) is 24.9 Å². The van der Waals surface area contributed by atoms with Gasteiger partial charge in [0.2, 0.25) is 0 Å². The van der Waals surface area contributed by atoms with Gasteiger partial charge in [-0.25, -0.2) is 4.98 Å².